The minimum atomic E-state index is -0.357. The van der Waals surface area contributed by atoms with Gasteiger partial charge in [0, 0.05) is 11.6 Å². The van der Waals surface area contributed by atoms with Crippen molar-refractivity contribution in [2.45, 2.75) is 45.6 Å². The van der Waals surface area contributed by atoms with Crippen LogP contribution in [0.15, 0.2) is 12.1 Å². The molecule has 0 amide bonds. The van der Waals surface area contributed by atoms with Gasteiger partial charge in [-0.1, -0.05) is 6.42 Å². The van der Waals surface area contributed by atoms with Crippen LogP contribution in [0.25, 0.3) is 0 Å². The third kappa shape index (κ3) is 3.70. The molecule has 1 saturated heterocycles. The number of nitrogens with zero attached hydrogens (tertiary/aromatic N) is 1. The molecule has 0 saturated carbocycles. The minimum absolute atomic E-state index is 0.126. The molecule has 2 rings (SSSR count). The van der Waals surface area contributed by atoms with Crippen LogP contribution in [-0.4, -0.2) is 24.1 Å². The number of hydrogen-bond donors (Lipinski definition) is 1. The van der Waals surface area contributed by atoms with E-state index in [4.69, 9.17) is 4.74 Å². The van der Waals surface area contributed by atoms with Gasteiger partial charge in [0.15, 0.2) is 0 Å². The molecule has 5 heteroatoms. The second kappa shape index (κ2) is 6.70. The molecule has 0 bridgehead atoms. The molecule has 0 aliphatic carbocycles. The van der Waals surface area contributed by atoms with E-state index < -0.39 is 0 Å². The Kier molecular flexibility index (Phi) is 4.95. The van der Waals surface area contributed by atoms with Gasteiger partial charge in [0.1, 0.15) is 5.75 Å². The van der Waals surface area contributed by atoms with Gasteiger partial charge in [-0.3, -0.25) is 10.1 Å². The van der Waals surface area contributed by atoms with Gasteiger partial charge < -0.3 is 10.1 Å². The topological polar surface area (TPSA) is 64.4 Å². The van der Waals surface area contributed by atoms with E-state index in [1.807, 2.05) is 13.0 Å². The van der Waals surface area contributed by atoms with E-state index >= 15 is 0 Å². The van der Waals surface area contributed by atoms with Crippen LogP contribution >= 0.6 is 0 Å². The molecule has 20 heavy (non-hydrogen) atoms. The highest BCUT2D eigenvalue weighted by Crippen LogP contribution is 2.28. The van der Waals surface area contributed by atoms with Crippen molar-refractivity contribution < 1.29 is 9.66 Å². The van der Waals surface area contributed by atoms with Gasteiger partial charge in [-0.2, -0.15) is 0 Å². The molecular weight excluding hydrogens is 256 g/mol. The van der Waals surface area contributed by atoms with Crippen molar-refractivity contribution in [3.05, 3.63) is 33.4 Å². The quantitative estimate of drug-likeness (QED) is 0.664. The van der Waals surface area contributed by atoms with Crippen LogP contribution in [0.5, 0.6) is 5.75 Å². The second-order valence-electron chi connectivity index (χ2n) is 5.45. The third-order valence-electron chi connectivity index (χ3n) is 3.83. The summed E-state index contributed by atoms with van der Waals surface area (Å²) in [5, 5.41) is 14.4. The summed E-state index contributed by atoms with van der Waals surface area (Å²) in [5.41, 5.74) is 1.75. The van der Waals surface area contributed by atoms with Crippen molar-refractivity contribution in [3.63, 3.8) is 0 Å². The fraction of sp³-hybridized carbons (Fsp3) is 0.600. The van der Waals surface area contributed by atoms with E-state index in [2.05, 4.69) is 5.32 Å². The fourth-order valence-electron chi connectivity index (χ4n) is 2.66. The summed E-state index contributed by atoms with van der Waals surface area (Å²) in [6.07, 6.45) is 4.66. The lowest BCUT2D eigenvalue weighted by atomic mass is 10.0. The van der Waals surface area contributed by atoms with Crippen LogP contribution in [0.2, 0.25) is 0 Å². The van der Waals surface area contributed by atoms with E-state index in [1.165, 1.54) is 19.3 Å². The largest absolute Gasteiger partial charge is 0.493 e. The minimum Gasteiger partial charge on any atom is -0.493 e. The van der Waals surface area contributed by atoms with Gasteiger partial charge in [-0.25, -0.2) is 0 Å². The summed E-state index contributed by atoms with van der Waals surface area (Å²) in [6.45, 7) is 5.35. The first-order valence-electron chi connectivity index (χ1n) is 7.19. The molecule has 5 nitrogen and oxygen atoms in total. The predicted molar refractivity (Wildman–Crippen MR) is 78.3 cm³/mol. The van der Waals surface area contributed by atoms with E-state index in [-0.39, 0.29) is 10.6 Å². The number of ether oxygens (including phenoxy) is 1. The summed E-state index contributed by atoms with van der Waals surface area (Å²) in [4.78, 5) is 10.6. The highest BCUT2D eigenvalue weighted by Gasteiger charge is 2.16. The number of nitro groups is 1. The monoisotopic (exact) mass is 278 g/mol. The number of benzene rings is 1. The molecule has 1 heterocycles. The summed E-state index contributed by atoms with van der Waals surface area (Å²) in [7, 11) is 0. The molecule has 1 atom stereocenters. The zero-order valence-corrected chi connectivity index (χ0v) is 12.1. The summed E-state index contributed by atoms with van der Waals surface area (Å²) < 4.78 is 5.74. The molecule has 1 unspecified atom stereocenters. The van der Waals surface area contributed by atoms with E-state index in [1.54, 1.807) is 13.0 Å². The van der Waals surface area contributed by atoms with Gasteiger partial charge >= 0.3 is 0 Å². The maximum atomic E-state index is 10.9. The van der Waals surface area contributed by atoms with Crippen LogP contribution in [0.3, 0.4) is 0 Å². The Hall–Kier alpha value is -1.62. The molecule has 1 aliphatic rings. The first-order valence-corrected chi connectivity index (χ1v) is 7.19. The van der Waals surface area contributed by atoms with Crippen molar-refractivity contribution in [1.29, 1.82) is 0 Å². The Balaban J connectivity index is 1.94. The molecule has 1 N–H and O–H groups in total. The normalized spacial score (nSPS) is 18.8. The molecule has 1 fully saturated rings. The number of nitro benzene ring substituents is 1. The Morgan fingerprint density at radius 1 is 1.35 bits per heavy atom. The van der Waals surface area contributed by atoms with Gasteiger partial charge in [-0.15, -0.1) is 0 Å². The number of aryl methyl sites for hydroxylation is 2. The first kappa shape index (κ1) is 14.8. The SMILES string of the molecule is Cc1cc(C)c([N+](=O)[O-])cc1OCCC1CCCCN1. The van der Waals surface area contributed by atoms with Crippen molar-refractivity contribution in [3.8, 4) is 5.75 Å². The highest BCUT2D eigenvalue weighted by molar-refractivity contribution is 5.49. The summed E-state index contributed by atoms with van der Waals surface area (Å²) in [5.74, 6) is 0.623. The zero-order valence-electron chi connectivity index (χ0n) is 12.1. The Labute approximate surface area is 119 Å². The van der Waals surface area contributed by atoms with Gasteiger partial charge in [0.2, 0.25) is 0 Å². The molecule has 1 aromatic carbocycles. The lowest BCUT2D eigenvalue weighted by molar-refractivity contribution is -0.385. The van der Waals surface area contributed by atoms with Crippen molar-refractivity contribution in [2.24, 2.45) is 0 Å². The van der Waals surface area contributed by atoms with E-state index in [0.29, 0.717) is 24.0 Å². The highest BCUT2D eigenvalue weighted by atomic mass is 16.6. The van der Waals surface area contributed by atoms with Crippen LogP contribution in [0, 0.1) is 24.0 Å². The summed E-state index contributed by atoms with van der Waals surface area (Å²) in [6, 6.07) is 3.87. The molecule has 0 radical (unpaired) electrons. The zero-order chi connectivity index (χ0) is 14.5. The van der Waals surface area contributed by atoms with Crippen molar-refractivity contribution in [2.75, 3.05) is 13.2 Å². The lowest BCUT2D eigenvalue weighted by Crippen LogP contribution is -2.35. The smallest absolute Gasteiger partial charge is 0.276 e. The van der Waals surface area contributed by atoms with Crippen LogP contribution in [-0.2, 0) is 0 Å². The average Bonchev–Trinajstić information content (AvgIpc) is 2.42. The predicted octanol–water partition coefficient (Wildman–Crippen LogP) is 3.12. The van der Waals surface area contributed by atoms with E-state index in [9.17, 15) is 10.1 Å². The third-order valence-corrected chi connectivity index (χ3v) is 3.83. The maximum absolute atomic E-state index is 10.9. The molecule has 110 valence electrons. The Morgan fingerprint density at radius 3 is 2.80 bits per heavy atom. The van der Waals surface area contributed by atoms with Crippen LogP contribution in [0.1, 0.15) is 36.8 Å². The molecule has 0 spiro atoms. The first-order chi connectivity index (χ1) is 9.58. The molecule has 1 aliphatic heterocycles. The second-order valence-corrected chi connectivity index (χ2v) is 5.45. The Bertz CT molecular complexity index is 482. The molecule has 0 aromatic heterocycles. The maximum Gasteiger partial charge on any atom is 0.276 e. The van der Waals surface area contributed by atoms with Gasteiger partial charge in [0.05, 0.1) is 17.6 Å². The fourth-order valence-corrected chi connectivity index (χ4v) is 2.66. The Morgan fingerprint density at radius 2 is 2.15 bits per heavy atom. The number of hydrogen-bond acceptors (Lipinski definition) is 4. The lowest BCUT2D eigenvalue weighted by Gasteiger charge is -2.23. The standard InChI is InChI=1S/C15H22N2O3/c1-11-9-12(2)15(10-14(11)17(18)19)20-8-6-13-5-3-4-7-16-13/h9-10,13,16H,3-8H2,1-2H3. The van der Waals surface area contributed by atoms with Crippen LogP contribution in [0.4, 0.5) is 5.69 Å². The number of rotatable bonds is 5. The molecular formula is C15H22N2O3. The number of nitrogens with one attached hydrogen (secondary N) is 1. The van der Waals surface area contributed by atoms with Gasteiger partial charge in [0.25, 0.3) is 5.69 Å². The van der Waals surface area contributed by atoms with Gasteiger partial charge in [-0.05, 0) is 51.3 Å². The average molecular weight is 278 g/mol. The number of piperidine rings is 1. The van der Waals surface area contributed by atoms with Crippen LogP contribution < -0.4 is 10.1 Å². The summed E-state index contributed by atoms with van der Waals surface area (Å²) >= 11 is 0. The van der Waals surface area contributed by atoms with E-state index in [0.717, 1.165) is 18.5 Å². The van der Waals surface area contributed by atoms with Crippen molar-refractivity contribution >= 4 is 5.69 Å². The molecule has 1 aromatic rings. The van der Waals surface area contributed by atoms with Crippen molar-refractivity contribution in [1.82, 2.24) is 5.32 Å².